The molecule has 1 aromatic heterocycles. The fourth-order valence-corrected chi connectivity index (χ4v) is 2.57. The summed E-state index contributed by atoms with van der Waals surface area (Å²) in [5.74, 6) is 0.635. The van der Waals surface area contributed by atoms with Crippen molar-refractivity contribution in [2.45, 2.75) is 64.9 Å². The lowest BCUT2D eigenvalue weighted by Gasteiger charge is -2.19. The molecule has 2 rings (SSSR count). The SMILES string of the molecule is CC(C)(C)OC(=O)NCCNc1ncc2c(n1)CCCCCC2. The topological polar surface area (TPSA) is 76.1 Å². The minimum absolute atomic E-state index is 0.404. The molecule has 6 nitrogen and oxygen atoms in total. The van der Waals surface area contributed by atoms with E-state index >= 15 is 0 Å². The highest BCUT2D eigenvalue weighted by atomic mass is 16.6. The number of carbonyl (C=O) groups is 1. The van der Waals surface area contributed by atoms with E-state index in [-0.39, 0.29) is 0 Å². The summed E-state index contributed by atoms with van der Waals surface area (Å²) in [4.78, 5) is 20.5. The summed E-state index contributed by atoms with van der Waals surface area (Å²) in [5, 5.41) is 5.87. The number of anilines is 1. The van der Waals surface area contributed by atoms with Crippen molar-refractivity contribution in [3.63, 3.8) is 0 Å². The van der Waals surface area contributed by atoms with E-state index in [1.807, 2.05) is 27.0 Å². The molecule has 1 aromatic rings. The standard InChI is InChI=1S/C17H28N4O2/c1-17(2,3)23-16(22)19-11-10-18-15-20-12-13-8-6-4-5-7-9-14(13)21-15/h12H,4-11H2,1-3H3,(H,19,22)(H,18,20,21). The number of rotatable bonds is 4. The molecule has 0 unspecified atom stereocenters. The fourth-order valence-electron chi connectivity index (χ4n) is 2.57. The third-order valence-corrected chi connectivity index (χ3v) is 3.64. The van der Waals surface area contributed by atoms with Crippen molar-refractivity contribution in [2.75, 3.05) is 18.4 Å². The van der Waals surface area contributed by atoms with Gasteiger partial charge in [-0.1, -0.05) is 12.8 Å². The number of alkyl carbamates (subject to hydrolysis) is 1. The van der Waals surface area contributed by atoms with Crippen molar-refractivity contribution >= 4 is 12.0 Å². The molecule has 1 amide bonds. The number of fused-ring (bicyclic) bond motifs is 1. The Morgan fingerprint density at radius 1 is 1.17 bits per heavy atom. The van der Waals surface area contributed by atoms with Crippen LogP contribution in [0.4, 0.5) is 10.7 Å². The van der Waals surface area contributed by atoms with E-state index in [0.29, 0.717) is 19.0 Å². The molecule has 23 heavy (non-hydrogen) atoms. The predicted octanol–water partition coefficient (Wildman–Crippen LogP) is 3.07. The Kier molecular flexibility index (Phi) is 6.19. The molecule has 0 spiro atoms. The summed E-state index contributed by atoms with van der Waals surface area (Å²) >= 11 is 0. The maximum Gasteiger partial charge on any atom is 0.407 e. The molecule has 0 bridgehead atoms. The Balaban J connectivity index is 1.77. The van der Waals surface area contributed by atoms with Gasteiger partial charge < -0.3 is 15.4 Å². The normalized spacial score (nSPS) is 15.1. The summed E-state index contributed by atoms with van der Waals surface area (Å²) in [6, 6.07) is 0. The summed E-state index contributed by atoms with van der Waals surface area (Å²) in [6.45, 7) is 6.57. The zero-order chi connectivity index (χ0) is 16.7. The number of ether oxygens (including phenoxy) is 1. The lowest BCUT2D eigenvalue weighted by molar-refractivity contribution is 0.0530. The van der Waals surface area contributed by atoms with Crippen LogP contribution in [0, 0.1) is 0 Å². The van der Waals surface area contributed by atoms with Crippen LogP contribution in [0.2, 0.25) is 0 Å². The van der Waals surface area contributed by atoms with E-state index in [2.05, 4.69) is 20.6 Å². The van der Waals surface area contributed by atoms with Gasteiger partial charge in [0.15, 0.2) is 0 Å². The highest BCUT2D eigenvalue weighted by Crippen LogP contribution is 2.18. The second-order valence-corrected chi connectivity index (χ2v) is 6.94. The average Bonchev–Trinajstić information content (AvgIpc) is 2.43. The molecule has 0 aliphatic heterocycles. The van der Waals surface area contributed by atoms with Gasteiger partial charge in [-0.2, -0.15) is 0 Å². The Bertz CT molecular complexity index is 526. The number of carbonyl (C=O) groups excluding carboxylic acids is 1. The van der Waals surface area contributed by atoms with E-state index in [9.17, 15) is 4.79 Å². The summed E-state index contributed by atoms with van der Waals surface area (Å²) in [6.07, 6.45) is 8.66. The average molecular weight is 320 g/mol. The van der Waals surface area contributed by atoms with Crippen LogP contribution in [0.3, 0.4) is 0 Å². The number of nitrogens with one attached hydrogen (secondary N) is 2. The van der Waals surface area contributed by atoms with Crippen LogP contribution in [0.5, 0.6) is 0 Å². The summed E-state index contributed by atoms with van der Waals surface area (Å²) in [5.41, 5.74) is 1.97. The van der Waals surface area contributed by atoms with Crippen LogP contribution in [-0.2, 0) is 17.6 Å². The van der Waals surface area contributed by atoms with E-state index in [1.165, 1.54) is 36.9 Å². The molecule has 0 saturated heterocycles. The second-order valence-electron chi connectivity index (χ2n) is 6.94. The van der Waals surface area contributed by atoms with Gasteiger partial charge in [-0.3, -0.25) is 0 Å². The highest BCUT2D eigenvalue weighted by molar-refractivity contribution is 5.67. The number of aromatic nitrogens is 2. The molecule has 128 valence electrons. The van der Waals surface area contributed by atoms with Crippen molar-refractivity contribution in [1.82, 2.24) is 15.3 Å². The van der Waals surface area contributed by atoms with Crippen LogP contribution >= 0.6 is 0 Å². The van der Waals surface area contributed by atoms with Crippen LogP contribution in [-0.4, -0.2) is 34.8 Å². The quantitative estimate of drug-likeness (QED) is 0.834. The maximum absolute atomic E-state index is 11.5. The molecule has 0 aromatic carbocycles. The van der Waals surface area contributed by atoms with Crippen LogP contribution in [0.1, 0.15) is 57.7 Å². The first-order chi connectivity index (χ1) is 10.9. The van der Waals surface area contributed by atoms with Gasteiger partial charge in [0, 0.05) is 25.0 Å². The molecule has 2 N–H and O–H groups in total. The van der Waals surface area contributed by atoms with Crippen molar-refractivity contribution in [3.8, 4) is 0 Å². The highest BCUT2D eigenvalue weighted by Gasteiger charge is 2.15. The van der Waals surface area contributed by atoms with E-state index in [4.69, 9.17) is 4.74 Å². The zero-order valence-electron chi connectivity index (χ0n) is 14.4. The van der Waals surface area contributed by atoms with Gasteiger partial charge in [0.05, 0.1) is 0 Å². The first-order valence-corrected chi connectivity index (χ1v) is 8.49. The monoisotopic (exact) mass is 320 g/mol. The number of hydrogen-bond donors (Lipinski definition) is 2. The van der Waals surface area contributed by atoms with E-state index in [0.717, 1.165) is 12.8 Å². The largest absolute Gasteiger partial charge is 0.444 e. The van der Waals surface area contributed by atoms with Gasteiger partial charge in [0.25, 0.3) is 0 Å². The summed E-state index contributed by atoms with van der Waals surface area (Å²) < 4.78 is 5.18. The maximum atomic E-state index is 11.5. The number of aryl methyl sites for hydroxylation is 2. The minimum atomic E-state index is -0.476. The fraction of sp³-hybridized carbons (Fsp3) is 0.706. The van der Waals surface area contributed by atoms with Crippen molar-refractivity contribution in [3.05, 3.63) is 17.5 Å². The lowest BCUT2D eigenvalue weighted by Crippen LogP contribution is -2.35. The minimum Gasteiger partial charge on any atom is -0.444 e. The number of hydrogen-bond acceptors (Lipinski definition) is 5. The molecular weight excluding hydrogens is 292 g/mol. The van der Waals surface area contributed by atoms with Crippen LogP contribution in [0.15, 0.2) is 6.20 Å². The van der Waals surface area contributed by atoms with Gasteiger partial charge in [-0.25, -0.2) is 14.8 Å². The van der Waals surface area contributed by atoms with E-state index in [1.54, 1.807) is 0 Å². The van der Waals surface area contributed by atoms with Crippen molar-refractivity contribution < 1.29 is 9.53 Å². The molecule has 1 aliphatic rings. The van der Waals surface area contributed by atoms with Crippen molar-refractivity contribution in [1.29, 1.82) is 0 Å². The Hall–Kier alpha value is -1.85. The predicted molar refractivity (Wildman–Crippen MR) is 90.6 cm³/mol. The molecule has 0 radical (unpaired) electrons. The Morgan fingerprint density at radius 2 is 1.91 bits per heavy atom. The van der Waals surface area contributed by atoms with Gasteiger partial charge in [-0.05, 0) is 52.0 Å². The summed E-state index contributed by atoms with van der Waals surface area (Å²) in [7, 11) is 0. The first kappa shape index (κ1) is 17.5. The molecule has 6 heteroatoms. The third-order valence-electron chi connectivity index (χ3n) is 3.64. The number of nitrogens with zero attached hydrogens (tertiary/aromatic N) is 2. The van der Waals surface area contributed by atoms with Gasteiger partial charge >= 0.3 is 6.09 Å². The second kappa shape index (κ2) is 8.13. The van der Waals surface area contributed by atoms with Crippen molar-refractivity contribution in [2.24, 2.45) is 0 Å². The van der Waals surface area contributed by atoms with Crippen LogP contribution < -0.4 is 10.6 Å². The van der Waals surface area contributed by atoms with Gasteiger partial charge in [0.1, 0.15) is 5.60 Å². The number of amides is 1. The molecular formula is C17H28N4O2. The Morgan fingerprint density at radius 3 is 2.65 bits per heavy atom. The lowest BCUT2D eigenvalue weighted by atomic mass is 9.98. The molecule has 1 heterocycles. The van der Waals surface area contributed by atoms with Gasteiger partial charge in [0.2, 0.25) is 5.95 Å². The smallest absolute Gasteiger partial charge is 0.407 e. The first-order valence-electron chi connectivity index (χ1n) is 8.49. The zero-order valence-corrected chi connectivity index (χ0v) is 14.4. The molecule has 0 fully saturated rings. The van der Waals surface area contributed by atoms with Crippen LogP contribution in [0.25, 0.3) is 0 Å². The molecule has 0 atom stereocenters. The molecule has 0 saturated carbocycles. The Labute approximate surface area is 138 Å². The molecule has 1 aliphatic carbocycles. The van der Waals surface area contributed by atoms with Gasteiger partial charge in [-0.15, -0.1) is 0 Å². The third kappa shape index (κ3) is 6.42. The van der Waals surface area contributed by atoms with E-state index < -0.39 is 11.7 Å².